The Morgan fingerprint density at radius 3 is 2.50 bits per heavy atom. The molecular formula is C27H22N6O2S. The van der Waals surface area contributed by atoms with Crippen LogP contribution in [0.5, 0.6) is 0 Å². The zero-order chi connectivity index (χ0) is 24.9. The van der Waals surface area contributed by atoms with Gasteiger partial charge in [0.25, 0.3) is 0 Å². The minimum absolute atomic E-state index is 0.0517. The van der Waals surface area contributed by atoms with Crippen molar-refractivity contribution in [1.29, 1.82) is 0 Å². The number of pyridine rings is 1. The van der Waals surface area contributed by atoms with E-state index in [1.165, 1.54) is 12.1 Å². The van der Waals surface area contributed by atoms with Crippen LogP contribution >= 0.6 is 0 Å². The van der Waals surface area contributed by atoms with Gasteiger partial charge in [-0.2, -0.15) is 0 Å². The van der Waals surface area contributed by atoms with Crippen LogP contribution in [0, 0.1) is 0 Å². The molecule has 0 bridgehead atoms. The van der Waals surface area contributed by atoms with E-state index in [1.807, 2.05) is 60.8 Å². The molecule has 0 saturated heterocycles. The fourth-order valence-electron chi connectivity index (χ4n) is 4.67. The number of benzene rings is 3. The van der Waals surface area contributed by atoms with Gasteiger partial charge >= 0.3 is 0 Å². The number of aromatic nitrogens is 4. The van der Waals surface area contributed by atoms with Gasteiger partial charge < -0.3 is 15.7 Å². The number of aromatic amines is 2. The van der Waals surface area contributed by atoms with Crippen LogP contribution in [0.1, 0.15) is 17.2 Å². The predicted molar refractivity (Wildman–Crippen MR) is 140 cm³/mol. The van der Waals surface area contributed by atoms with Gasteiger partial charge in [0.1, 0.15) is 11.5 Å². The molecule has 1 unspecified atom stereocenters. The van der Waals surface area contributed by atoms with Crippen molar-refractivity contribution in [3.05, 3.63) is 102 Å². The first kappa shape index (κ1) is 22.2. The van der Waals surface area contributed by atoms with Crippen LogP contribution in [0.4, 0.5) is 0 Å². The van der Waals surface area contributed by atoms with Gasteiger partial charge in [0, 0.05) is 23.3 Å². The Labute approximate surface area is 207 Å². The van der Waals surface area contributed by atoms with Crippen LogP contribution in [0.15, 0.2) is 96.2 Å². The van der Waals surface area contributed by atoms with Crippen LogP contribution in [-0.2, 0) is 10.0 Å². The van der Waals surface area contributed by atoms with Crippen molar-refractivity contribution in [2.75, 3.05) is 0 Å². The SMILES string of the molecule is NC1c2ccccc2-c2c(-c3nc4ccc(S(N)(=O)=O)cc4[nH]3)cccc21.c1cnc2[nH]ccc2c1. The third-order valence-corrected chi connectivity index (χ3v) is 7.27. The van der Waals surface area contributed by atoms with E-state index in [0.29, 0.717) is 16.9 Å². The zero-order valence-electron chi connectivity index (χ0n) is 19.0. The number of nitrogens with two attached hydrogens (primary N) is 2. The average molecular weight is 495 g/mol. The molecule has 0 spiro atoms. The smallest absolute Gasteiger partial charge is 0.238 e. The topological polar surface area (TPSA) is 144 Å². The van der Waals surface area contributed by atoms with E-state index in [1.54, 1.807) is 12.3 Å². The van der Waals surface area contributed by atoms with Crippen LogP contribution in [0.2, 0.25) is 0 Å². The number of nitrogens with zero attached hydrogens (tertiary/aromatic N) is 2. The van der Waals surface area contributed by atoms with Gasteiger partial charge in [-0.15, -0.1) is 0 Å². The number of hydrogen-bond acceptors (Lipinski definition) is 5. The number of primary sulfonamides is 1. The molecule has 1 atom stereocenters. The number of fused-ring (bicyclic) bond motifs is 5. The summed E-state index contributed by atoms with van der Waals surface area (Å²) >= 11 is 0. The Balaban J connectivity index is 0.000000223. The first-order chi connectivity index (χ1) is 17.4. The third kappa shape index (κ3) is 3.75. The van der Waals surface area contributed by atoms with E-state index < -0.39 is 10.0 Å². The molecular weight excluding hydrogens is 472 g/mol. The normalized spacial score (nSPS) is 14.3. The fourth-order valence-corrected chi connectivity index (χ4v) is 5.21. The molecule has 0 fully saturated rings. The standard InChI is InChI=1S/C20H16N4O2S.C7H6N2/c21-19-13-5-2-1-4-12(13)18-14(19)6-3-7-15(18)20-23-16-9-8-11(27(22,25)26)10-17(16)24-20;1-2-6-3-5-9-7(6)8-4-1/h1-10,19H,21H2,(H,23,24)(H2,22,25,26);1-5H,(H,8,9). The molecule has 3 aromatic carbocycles. The summed E-state index contributed by atoms with van der Waals surface area (Å²) in [5.74, 6) is 0.664. The maximum absolute atomic E-state index is 11.6. The van der Waals surface area contributed by atoms with Crippen molar-refractivity contribution in [2.24, 2.45) is 10.9 Å². The summed E-state index contributed by atoms with van der Waals surface area (Å²) in [5.41, 5.74) is 13.9. The Bertz CT molecular complexity index is 1830. The van der Waals surface area contributed by atoms with Gasteiger partial charge in [-0.05, 0) is 58.7 Å². The van der Waals surface area contributed by atoms with Crippen LogP contribution in [0.25, 0.3) is 44.6 Å². The first-order valence-electron chi connectivity index (χ1n) is 11.3. The second kappa shape index (κ2) is 8.42. The molecule has 0 saturated carbocycles. The Kier molecular flexibility index (Phi) is 5.18. The average Bonchev–Trinajstić information content (AvgIpc) is 3.60. The van der Waals surface area contributed by atoms with Gasteiger partial charge in [0.05, 0.1) is 22.0 Å². The molecule has 0 aliphatic heterocycles. The van der Waals surface area contributed by atoms with E-state index in [-0.39, 0.29) is 10.9 Å². The van der Waals surface area contributed by atoms with E-state index in [4.69, 9.17) is 10.9 Å². The summed E-state index contributed by atoms with van der Waals surface area (Å²) < 4.78 is 23.2. The summed E-state index contributed by atoms with van der Waals surface area (Å²) in [6.45, 7) is 0. The molecule has 0 radical (unpaired) electrons. The zero-order valence-corrected chi connectivity index (χ0v) is 19.8. The minimum Gasteiger partial charge on any atom is -0.346 e. The maximum Gasteiger partial charge on any atom is 0.238 e. The van der Waals surface area contributed by atoms with Gasteiger partial charge in [0.15, 0.2) is 0 Å². The lowest BCUT2D eigenvalue weighted by Crippen LogP contribution is -2.11. The van der Waals surface area contributed by atoms with E-state index in [2.05, 4.69) is 26.0 Å². The van der Waals surface area contributed by atoms with Crippen LogP contribution in [-0.4, -0.2) is 28.4 Å². The maximum atomic E-state index is 11.6. The van der Waals surface area contributed by atoms with Crippen LogP contribution in [0.3, 0.4) is 0 Å². The summed E-state index contributed by atoms with van der Waals surface area (Å²) in [6, 6.07) is 24.5. The lowest BCUT2D eigenvalue weighted by atomic mass is 9.99. The fraction of sp³-hybridized carbons (Fsp3) is 0.0370. The first-order valence-corrected chi connectivity index (χ1v) is 12.8. The monoisotopic (exact) mass is 494 g/mol. The highest BCUT2D eigenvalue weighted by Gasteiger charge is 2.28. The minimum atomic E-state index is -3.77. The highest BCUT2D eigenvalue weighted by atomic mass is 32.2. The molecule has 1 aliphatic rings. The molecule has 1 aliphatic carbocycles. The van der Waals surface area contributed by atoms with Crippen molar-refractivity contribution in [1.82, 2.24) is 19.9 Å². The van der Waals surface area contributed by atoms with Gasteiger partial charge in [-0.3, -0.25) is 0 Å². The van der Waals surface area contributed by atoms with Crippen molar-refractivity contribution in [2.45, 2.75) is 10.9 Å². The van der Waals surface area contributed by atoms with Crippen LogP contribution < -0.4 is 10.9 Å². The lowest BCUT2D eigenvalue weighted by Gasteiger charge is -2.08. The number of hydrogen-bond donors (Lipinski definition) is 4. The second-order valence-electron chi connectivity index (χ2n) is 8.56. The number of imidazole rings is 1. The number of rotatable bonds is 2. The van der Waals surface area contributed by atoms with Crippen molar-refractivity contribution >= 4 is 32.1 Å². The van der Waals surface area contributed by atoms with Gasteiger partial charge in [-0.25, -0.2) is 23.5 Å². The molecule has 9 heteroatoms. The third-order valence-electron chi connectivity index (χ3n) is 6.36. The molecule has 3 heterocycles. The molecule has 6 aromatic rings. The number of sulfonamides is 1. The predicted octanol–water partition coefficient (Wildman–Crippen LogP) is 4.47. The number of nitrogens with one attached hydrogen (secondary N) is 2. The highest BCUT2D eigenvalue weighted by Crippen LogP contribution is 2.46. The van der Waals surface area contributed by atoms with E-state index in [0.717, 1.165) is 38.9 Å². The number of H-pyrrole nitrogens is 2. The molecule has 6 N–H and O–H groups in total. The summed E-state index contributed by atoms with van der Waals surface area (Å²) in [6.07, 6.45) is 3.66. The molecule has 7 rings (SSSR count). The summed E-state index contributed by atoms with van der Waals surface area (Å²) in [4.78, 5) is 15.0. The molecule has 178 valence electrons. The quantitative estimate of drug-likeness (QED) is 0.281. The Morgan fingerprint density at radius 1 is 0.861 bits per heavy atom. The van der Waals surface area contributed by atoms with Crippen molar-refractivity contribution < 1.29 is 8.42 Å². The second-order valence-corrected chi connectivity index (χ2v) is 10.1. The Hall–Kier alpha value is -4.31. The lowest BCUT2D eigenvalue weighted by molar-refractivity contribution is 0.598. The molecule has 8 nitrogen and oxygen atoms in total. The van der Waals surface area contributed by atoms with Gasteiger partial charge in [-0.1, -0.05) is 42.5 Å². The highest BCUT2D eigenvalue weighted by molar-refractivity contribution is 7.89. The largest absolute Gasteiger partial charge is 0.346 e. The summed E-state index contributed by atoms with van der Waals surface area (Å²) in [5, 5.41) is 6.40. The summed E-state index contributed by atoms with van der Waals surface area (Å²) in [7, 11) is -3.77. The van der Waals surface area contributed by atoms with Gasteiger partial charge in [0.2, 0.25) is 10.0 Å². The van der Waals surface area contributed by atoms with Crippen molar-refractivity contribution in [3.8, 4) is 22.5 Å². The molecule has 0 amide bonds. The molecule has 36 heavy (non-hydrogen) atoms. The molecule has 3 aromatic heterocycles. The Morgan fingerprint density at radius 2 is 1.67 bits per heavy atom. The van der Waals surface area contributed by atoms with E-state index in [9.17, 15) is 8.42 Å². The van der Waals surface area contributed by atoms with Crippen molar-refractivity contribution in [3.63, 3.8) is 0 Å². The van der Waals surface area contributed by atoms with E-state index >= 15 is 0 Å².